The Morgan fingerprint density at radius 1 is 1.16 bits per heavy atom. The van der Waals surface area contributed by atoms with Crippen LogP contribution in [0.5, 0.6) is 0 Å². The third-order valence-corrected chi connectivity index (χ3v) is 7.36. The normalized spacial score (nSPS) is 19.4. The second kappa shape index (κ2) is 8.09. The maximum Gasteiger partial charge on any atom is 0.227 e. The van der Waals surface area contributed by atoms with Gasteiger partial charge >= 0.3 is 0 Å². The maximum atomic E-state index is 13.3. The molecule has 0 fully saturated rings. The Morgan fingerprint density at radius 2 is 1.91 bits per heavy atom. The van der Waals surface area contributed by atoms with E-state index in [1.165, 1.54) is 11.1 Å². The van der Waals surface area contributed by atoms with Crippen LogP contribution in [0.1, 0.15) is 49.4 Å². The highest BCUT2D eigenvalue weighted by Gasteiger charge is 2.42. The molecule has 0 saturated heterocycles. The zero-order chi connectivity index (χ0) is 22.5. The van der Waals surface area contributed by atoms with E-state index in [9.17, 15) is 4.79 Å². The van der Waals surface area contributed by atoms with E-state index in [1.54, 1.807) is 11.8 Å². The largest absolute Gasteiger partial charge is 0.328 e. The van der Waals surface area contributed by atoms with E-state index in [0.29, 0.717) is 22.5 Å². The standard InChI is InChI=1S/C25H25ClN4OS/c1-15-8-4-5-9-16(15)14-32-24-28-23-27-19-12-25(2,3)13-20(31)21(19)22(30(23)29-24)17-10-6-7-11-18(17)26/h4-11,22H,12-14H2,1-3H3,(H,27,28,29). The fourth-order valence-corrected chi connectivity index (χ4v) is 5.69. The lowest BCUT2D eigenvalue weighted by Gasteiger charge is -2.38. The number of halogens is 1. The lowest BCUT2D eigenvalue weighted by atomic mass is 9.73. The zero-order valence-corrected chi connectivity index (χ0v) is 19.9. The number of fused-ring (bicyclic) bond motifs is 1. The quantitative estimate of drug-likeness (QED) is 0.466. The fraction of sp³-hybridized carbons (Fsp3) is 0.320. The number of hydrogen-bond acceptors (Lipinski definition) is 5. The monoisotopic (exact) mass is 464 g/mol. The molecule has 1 N–H and O–H groups in total. The van der Waals surface area contributed by atoms with Crippen LogP contribution in [0.2, 0.25) is 5.02 Å². The summed E-state index contributed by atoms with van der Waals surface area (Å²) in [4.78, 5) is 18.1. The van der Waals surface area contributed by atoms with Gasteiger partial charge in [0.05, 0.1) is 0 Å². The van der Waals surface area contributed by atoms with Gasteiger partial charge in [-0.15, -0.1) is 5.10 Å². The Bertz CT molecular complexity index is 1250. The predicted molar refractivity (Wildman–Crippen MR) is 129 cm³/mol. The second-order valence-electron chi connectivity index (χ2n) is 9.26. The molecule has 3 aromatic rings. The molecule has 1 unspecified atom stereocenters. The highest BCUT2D eigenvalue weighted by molar-refractivity contribution is 7.98. The van der Waals surface area contributed by atoms with Crippen molar-refractivity contribution < 1.29 is 4.79 Å². The first-order chi connectivity index (χ1) is 15.3. The molecule has 1 aliphatic carbocycles. The molecule has 7 heteroatoms. The van der Waals surface area contributed by atoms with Crippen molar-refractivity contribution in [3.05, 3.63) is 81.5 Å². The Balaban J connectivity index is 1.55. The lowest BCUT2D eigenvalue weighted by molar-refractivity contribution is -0.118. The number of carbonyl (C=O) groups is 1. The summed E-state index contributed by atoms with van der Waals surface area (Å²) in [6.07, 6.45) is 1.29. The molecule has 2 heterocycles. The summed E-state index contributed by atoms with van der Waals surface area (Å²) < 4.78 is 1.83. The van der Waals surface area contributed by atoms with E-state index in [1.807, 2.05) is 35.0 Å². The summed E-state index contributed by atoms with van der Waals surface area (Å²) in [6.45, 7) is 6.37. The first kappa shape index (κ1) is 21.3. The van der Waals surface area contributed by atoms with Gasteiger partial charge in [0.2, 0.25) is 11.1 Å². The van der Waals surface area contributed by atoms with Crippen LogP contribution in [0.25, 0.3) is 0 Å². The van der Waals surface area contributed by atoms with E-state index < -0.39 is 0 Å². The summed E-state index contributed by atoms with van der Waals surface area (Å²) in [6, 6.07) is 15.6. The third kappa shape index (κ3) is 3.86. The number of hydrogen-bond donors (Lipinski definition) is 1. The van der Waals surface area contributed by atoms with Crippen molar-refractivity contribution in [2.75, 3.05) is 5.32 Å². The van der Waals surface area contributed by atoms with Gasteiger partial charge in [0, 0.05) is 34.0 Å². The molecule has 0 amide bonds. The van der Waals surface area contributed by atoms with Crippen molar-refractivity contribution in [2.45, 2.75) is 50.6 Å². The Labute approximate surface area is 197 Å². The number of allylic oxidation sites excluding steroid dienone is 2. The molecule has 1 atom stereocenters. The minimum absolute atomic E-state index is 0.0987. The van der Waals surface area contributed by atoms with Crippen LogP contribution < -0.4 is 5.32 Å². The zero-order valence-electron chi connectivity index (χ0n) is 18.4. The van der Waals surface area contributed by atoms with Crippen LogP contribution >= 0.6 is 23.4 Å². The van der Waals surface area contributed by atoms with E-state index in [4.69, 9.17) is 21.7 Å². The van der Waals surface area contributed by atoms with Gasteiger partial charge in [0.1, 0.15) is 6.04 Å². The van der Waals surface area contributed by atoms with E-state index in [2.05, 4.69) is 44.3 Å². The number of rotatable bonds is 4. The summed E-state index contributed by atoms with van der Waals surface area (Å²) in [5.41, 5.74) is 4.98. The van der Waals surface area contributed by atoms with Crippen molar-refractivity contribution in [1.29, 1.82) is 0 Å². The predicted octanol–water partition coefficient (Wildman–Crippen LogP) is 6.19. The molecule has 5 nitrogen and oxygen atoms in total. The molecular weight excluding hydrogens is 440 g/mol. The molecule has 0 radical (unpaired) electrons. The van der Waals surface area contributed by atoms with E-state index >= 15 is 0 Å². The van der Waals surface area contributed by atoms with E-state index in [-0.39, 0.29) is 17.2 Å². The lowest BCUT2D eigenvalue weighted by Crippen LogP contribution is -2.36. The Hall–Kier alpha value is -2.57. The minimum Gasteiger partial charge on any atom is -0.328 e. The van der Waals surface area contributed by atoms with Crippen molar-refractivity contribution in [2.24, 2.45) is 5.41 Å². The van der Waals surface area contributed by atoms with Crippen molar-refractivity contribution in [3.8, 4) is 0 Å². The molecule has 2 aliphatic rings. The molecule has 2 aromatic carbocycles. The molecule has 0 saturated carbocycles. The minimum atomic E-state index is -0.376. The van der Waals surface area contributed by atoms with Gasteiger partial charge in [0.15, 0.2) is 5.78 Å². The van der Waals surface area contributed by atoms with Crippen molar-refractivity contribution in [1.82, 2.24) is 14.8 Å². The summed E-state index contributed by atoms with van der Waals surface area (Å²) in [5.74, 6) is 1.59. The van der Waals surface area contributed by atoms with Crippen LogP contribution in [0.4, 0.5) is 5.95 Å². The van der Waals surface area contributed by atoms with Crippen LogP contribution in [0, 0.1) is 12.3 Å². The van der Waals surface area contributed by atoms with E-state index in [0.717, 1.165) is 29.0 Å². The molecule has 5 rings (SSSR count). The number of nitrogens with one attached hydrogen (secondary N) is 1. The smallest absolute Gasteiger partial charge is 0.227 e. The molecule has 1 aliphatic heterocycles. The molecular formula is C25H25ClN4OS. The Morgan fingerprint density at radius 3 is 2.69 bits per heavy atom. The van der Waals surface area contributed by atoms with Crippen molar-refractivity contribution in [3.63, 3.8) is 0 Å². The molecule has 1 aromatic heterocycles. The first-order valence-corrected chi connectivity index (χ1v) is 12.1. The first-order valence-electron chi connectivity index (χ1n) is 10.7. The average Bonchev–Trinajstić information content (AvgIpc) is 3.14. The highest BCUT2D eigenvalue weighted by atomic mass is 35.5. The summed E-state index contributed by atoms with van der Waals surface area (Å²) in [5, 5.41) is 9.55. The number of Topliss-reactive ketones (excluding diaryl/α,β-unsaturated/α-hetero) is 1. The SMILES string of the molecule is Cc1ccccc1CSc1nc2n(n1)C(c1ccccc1Cl)C1=C(CC(C)(C)CC1=O)N2. The summed E-state index contributed by atoms with van der Waals surface area (Å²) >= 11 is 8.20. The number of nitrogens with zero attached hydrogens (tertiary/aromatic N) is 3. The van der Waals surface area contributed by atoms with Crippen LogP contribution in [0.3, 0.4) is 0 Å². The third-order valence-electron chi connectivity index (χ3n) is 6.13. The van der Waals surface area contributed by atoms with Gasteiger partial charge in [-0.1, -0.05) is 79.7 Å². The van der Waals surface area contributed by atoms with Gasteiger partial charge in [-0.2, -0.15) is 4.98 Å². The van der Waals surface area contributed by atoms with Gasteiger partial charge in [-0.3, -0.25) is 4.79 Å². The number of aromatic nitrogens is 3. The maximum absolute atomic E-state index is 13.3. The fourth-order valence-electron chi connectivity index (χ4n) is 4.55. The Kier molecular flexibility index (Phi) is 5.38. The topological polar surface area (TPSA) is 59.8 Å². The van der Waals surface area contributed by atoms with Crippen molar-refractivity contribution >= 4 is 35.1 Å². The second-order valence-corrected chi connectivity index (χ2v) is 10.6. The molecule has 164 valence electrons. The van der Waals surface area contributed by atoms with Crippen LogP contribution in [0.15, 0.2) is 65.0 Å². The highest BCUT2D eigenvalue weighted by Crippen LogP contribution is 2.46. The van der Waals surface area contributed by atoms with Gasteiger partial charge in [0.25, 0.3) is 0 Å². The van der Waals surface area contributed by atoms with Gasteiger partial charge in [-0.25, -0.2) is 4.68 Å². The number of benzene rings is 2. The molecule has 32 heavy (non-hydrogen) atoms. The molecule has 0 bridgehead atoms. The summed E-state index contributed by atoms with van der Waals surface area (Å²) in [7, 11) is 0. The number of aryl methyl sites for hydroxylation is 1. The number of anilines is 1. The van der Waals surface area contributed by atoms with Gasteiger partial charge in [-0.05, 0) is 36.0 Å². The number of thioether (sulfide) groups is 1. The van der Waals surface area contributed by atoms with Crippen LogP contribution in [-0.4, -0.2) is 20.5 Å². The average molecular weight is 465 g/mol. The number of ketones is 1. The van der Waals surface area contributed by atoms with Crippen LogP contribution in [-0.2, 0) is 10.5 Å². The molecule has 0 spiro atoms. The van der Waals surface area contributed by atoms with Gasteiger partial charge < -0.3 is 5.32 Å². The number of carbonyl (C=O) groups excluding carboxylic acids is 1.